The van der Waals surface area contributed by atoms with Crippen molar-refractivity contribution in [2.75, 3.05) is 0 Å². The molecule has 0 amide bonds. The third-order valence-corrected chi connectivity index (χ3v) is 3.34. The number of hydrogen-bond acceptors (Lipinski definition) is 1. The van der Waals surface area contributed by atoms with E-state index in [1.165, 1.54) is 70.6 Å². The van der Waals surface area contributed by atoms with Crippen molar-refractivity contribution in [1.82, 2.24) is 0 Å². The van der Waals surface area contributed by atoms with Crippen LogP contribution in [0.5, 0.6) is 0 Å². The Hall–Kier alpha value is -0.810. The first-order valence-electron chi connectivity index (χ1n) is 7.72. The molecule has 0 aromatic rings. The minimum Gasteiger partial charge on any atom is -0.234 e. The summed E-state index contributed by atoms with van der Waals surface area (Å²) in [5, 5.41) is 0. The molecule has 0 saturated carbocycles. The molecular formula is C17H30O. The molecule has 104 valence electrons. The first-order valence-corrected chi connectivity index (χ1v) is 7.72. The molecule has 0 aliphatic heterocycles. The van der Waals surface area contributed by atoms with Crippen LogP contribution < -0.4 is 0 Å². The van der Waals surface area contributed by atoms with Gasteiger partial charge < -0.3 is 0 Å². The highest BCUT2D eigenvalue weighted by molar-refractivity contribution is 5.44. The normalized spacial score (nSPS) is 10.0. The molecule has 0 bridgehead atoms. The molecule has 18 heavy (non-hydrogen) atoms. The zero-order chi connectivity index (χ0) is 13.3. The number of hydrogen-bond donors (Lipinski definition) is 0. The highest BCUT2D eigenvalue weighted by atomic mass is 16.1. The molecule has 0 rings (SSSR count). The Morgan fingerprint density at radius 3 is 1.44 bits per heavy atom. The van der Waals surface area contributed by atoms with Crippen LogP contribution in [0.4, 0.5) is 0 Å². The van der Waals surface area contributed by atoms with E-state index in [0.29, 0.717) is 0 Å². The van der Waals surface area contributed by atoms with E-state index in [4.69, 9.17) is 0 Å². The van der Waals surface area contributed by atoms with Crippen LogP contribution in [0.15, 0.2) is 18.7 Å². The van der Waals surface area contributed by atoms with Gasteiger partial charge in [0.25, 0.3) is 0 Å². The van der Waals surface area contributed by atoms with Crippen molar-refractivity contribution in [3.8, 4) is 0 Å². The van der Waals surface area contributed by atoms with Crippen LogP contribution in [0, 0.1) is 0 Å². The molecule has 0 aliphatic rings. The number of carbonyl (C=O) groups excluding carboxylic acids is 1. The molecule has 0 fully saturated rings. The summed E-state index contributed by atoms with van der Waals surface area (Å²) in [4.78, 5) is 9.94. The lowest BCUT2D eigenvalue weighted by molar-refractivity contribution is 0.546. The highest BCUT2D eigenvalue weighted by Gasteiger charge is 1.92. The molecule has 0 radical (unpaired) electrons. The zero-order valence-electron chi connectivity index (χ0n) is 12.0. The number of rotatable bonds is 14. The molecule has 0 atom stereocenters. The molecule has 0 spiro atoms. The van der Waals surface area contributed by atoms with Crippen molar-refractivity contribution in [1.29, 1.82) is 0 Å². The minimum absolute atomic E-state index is 0.911. The zero-order valence-corrected chi connectivity index (χ0v) is 12.0. The van der Waals surface area contributed by atoms with Gasteiger partial charge in [0.1, 0.15) is 5.94 Å². The summed E-state index contributed by atoms with van der Waals surface area (Å²) in [6, 6.07) is 0. The fourth-order valence-corrected chi connectivity index (χ4v) is 2.18. The van der Waals surface area contributed by atoms with E-state index in [-0.39, 0.29) is 0 Å². The summed E-state index contributed by atoms with van der Waals surface area (Å²) in [5.74, 6) is 1.83. The summed E-state index contributed by atoms with van der Waals surface area (Å²) >= 11 is 0. The standard InChI is InChI=1S/C17H30O/c1-2-3-4-5-6-7-8-9-10-11-12-13-14-15-16-17-18/h2,16H,1,3-15H2. The molecule has 0 aliphatic carbocycles. The van der Waals surface area contributed by atoms with Gasteiger partial charge in [-0.05, 0) is 31.8 Å². The van der Waals surface area contributed by atoms with Crippen LogP contribution in [0.1, 0.15) is 83.5 Å². The van der Waals surface area contributed by atoms with Crippen LogP contribution in [-0.2, 0) is 4.79 Å². The first-order chi connectivity index (χ1) is 8.91. The van der Waals surface area contributed by atoms with Crippen LogP contribution in [0.2, 0.25) is 0 Å². The third-order valence-electron chi connectivity index (χ3n) is 3.34. The number of unbranched alkanes of at least 4 members (excludes halogenated alkanes) is 12. The summed E-state index contributed by atoms with van der Waals surface area (Å²) in [5.41, 5.74) is 0. The van der Waals surface area contributed by atoms with Gasteiger partial charge in [-0.15, -0.1) is 6.58 Å². The Labute approximate surface area is 113 Å². The Balaban J connectivity index is 2.94. The summed E-state index contributed by atoms with van der Waals surface area (Å²) in [7, 11) is 0. The van der Waals surface area contributed by atoms with Crippen molar-refractivity contribution in [2.45, 2.75) is 83.5 Å². The summed E-state index contributed by atoms with van der Waals surface area (Å²) in [6.07, 6.45) is 20.5. The van der Waals surface area contributed by atoms with E-state index in [1.54, 1.807) is 6.08 Å². The molecule has 0 unspecified atom stereocenters. The predicted octanol–water partition coefficient (Wildman–Crippen LogP) is 5.63. The maximum Gasteiger partial charge on any atom is 0.120 e. The average molecular weight is 250 g/mol. The van der Waals surface area contributed by atoms with E-state index in [2.05, 4.69) is 6.58 Å². The van der Waals surface area contributed by atoms with E-state index in [1.807, 2.05) is 12.0 Å². The highest BCUT2D eigenvalue weighted by Crippen LogP contribution is 2.12. The minimum atomic E-state index is 0.911. The van der Waals surface area contributed by atoms with Crippen molar-refractivity contribution in [3.63, 3.8) is 0 Å². The van der Waals surface area contributed by atoms with Gasteiger partial charge in [-0.1, -0.05) is 63.9 Å². The topological polar surface area (TPSA) is 17.1 Å². The van der Waals surface area contributed by atoms with Gasteiger partial charge >= 0.3 is 0 Å². The maximum absolute atomic E-state index is 9.94. The van der Waals surface area contributed by atoms with Crippen molar-refractivity contribution in [3.05, 3.63) is 18.7 Å². The van der Waals surface area contributed by atoms with Crippen LogP contribution >= 0.6 is 0 Å². The van der Waals surface area contributed by atoms with E-state index < -0.39 is 0 Å². The molecule has 0 aromatic heterocycles. The molecule has 0 saturated heterocycles. The van der Waals surface area contributed by atoms with Crippen molar-refractivity contribution < 1.29 is 4.79 Å². The van der Waals surface area contributed by atoms with Gasteiger partial charge in [0.2, 0.25) is 0 Å². The van der Waals surface area contributed by atoms with Crippen molar-refractivity contribution >= 4 is 5.94 Å². The number of allylic oxidation sites excluding steroid dienone is 2. The quantitative estimate of drug-likeness (QED) is 0.222. The smallest absolute Gasteiger partial charge is 0.120 e. The fourth-order valence-electron chi connectivity index (χ4n) is 2.18. The maximum atomic E-state index is 9.94. The molecule has 0 aromatic carbocycles. The first kappa shape index (κ1) is 17.2. The lowest BCUT2D eigenvalue weighted by atomic mass is 10.0. The van der Waals surface area contributed by atoms with E-state index >= 15 is 0 Å². The Morgan fingerprint density at radius 1 is 0.667 bits per heavy atom. The van der Waals surface area contributed by atoms with E-state index in [0.717, 1.165) is 12.8 Å². The molecule has 0 N–H and O–H groups in total. The SMILES string of the molecule is C=CCCCCCCCCCCCCCC=C=O. The van der Waals surface area contributed by atoms with Gasteiger partial charge in [0, 0.05) is 0 Å². The lowest BCUT2D eigenvalue weighted by Crippen LogP contribution is -1.82. The monoisotopic (exact) mass is 250 g/mol. The second kappa shape index (κ2) is 16.2. The molecule has 0 heterocycles. The summed E-state index contributed by atoms with van der Waals surface area (Å²) < 4.78 is 0. The largest absolute Gasteiger partial charge is 0.234 e. The Bertz CT molecular complexity index is 214. The van der Waals surface area contributed by atoms with Gasteiger partial charge in [-0.3, -0.25) is 0 Å². The fraction of sp³-hybridized carbons (Fsp3) is 0.765. The van der Waals surface area contributed by atoms with Gasteiger partial charge in [0.05, 0.1) is 0 Å². The van der Waals surface area contributed by atoms with Gasteiger partial charge in [-0.25, -0.2) is 4.79 Å². The van der Waals surface area contributed by atoms with Crippen LogP contribution in [0.3, 0.4) is 0 Å². The van der Waals surface area contributed by atoms with Crippen LogP contribution in [0.25, 0.3) is 0 Å². The Kier molecular flexibility index (Phi) is 15.5. The van der Waals surface area contributed by atoms with Crippen LogP contribution in [-0.4, -0.2) is 5.94 Å². The Morgan fingerprint density at radius 2 is 1.06 bits per heavy atom. The second-order valence-corrected chi connectivity index (χ2v) is 5.08. The average Bonchev–Trinajstić information content (AvgIpc) is 2.39. The lowest BCUT2D eigenvalue weighted by Gasteiger charge is -2.02. The molecular weight excluding hydrogens is 220 g/mol. The van der Waals surface area contributed by atoms with E-state index in [9.17, 15) is 4.79 Å². The predicted molar refractivity (Wildman–Crippen MR) is 80.5 cm³/mol. The second-order valence-electron chi connectivity index (χ2n) is 5.08. The summed E-state index contributed by atoms with van der Waals surface area (Å²) in [6.45, 7) is 3.74. The third kappa shape index (κ3) is 15.2. The van der Waals surface area contributed by atoms with Crippen molar-refractivity contribution in [2.24, 2.45) is 0 Å². The molecule has 1 nitrogen and oxygen atoms in total. The van der Waals surface area contributed by atoms with Gasteiger partial charge in [-0.2, -0.15) is 0 Å². The molecule has 1 heteroatoms. The van der Waals surface area contributed by atoms with Gasteiger partial charge in [0.15, 0.2) is 0 Å².